The standard InChI is InChI=1S/C8H10O.C6H12N4.C4H9NO.CH2O2/c1-7-3-5-8(9-2)6-4-7;1-7-4-5-8-6-2-3-9-10-6;6-4-1-2-5-3-4;2-1-3/h3-6H,1-2H3;2-3,7H,4-5H2,1H3,(H2,8,9,10);4-6H,1-3H2;1H,(H,2,3). The number of ether oxygens (including phenoxy) is 1. The smallest absolute Gasteiger partial charge is 0.290 e. The van der Waals surface area contributed by atoms with Crippen molar-refractivity contribution >= 4 is 12.3 Å². The summed E-state index contributed by atoms with van der Waals surface area (Å²) in [5.74, 6) is 1.89. The van der Waals surface area contributed by atoms with Crippen LogP contribution in [0.5, 0.6) is 5.75 Å². The molecule has 9 heteroatoms. The Kier molecular flexibility index (Phi) is 16.1. The Balaban J connectivity index is 0.000000373. The molecule has 1 saturated heterocycles. The SMILES string of the molecule is CNCCNc1ccn[nH]1.COc1ccc(C)cc1.O=CO.OC1CCNC1. The maximum Gasteiger partial charge on any atom is 0.290 e. The summed E-state index contributed by atoms with van der Waals surface area (Å²) in [7, 11) is 3.60. The van der Waals surface area contributed by atoms with Gasteiger partial charge in [0.05, 0.1) is 19.4 Å². The van der Waals surface area contributed by atoms with Crippen molar-refractivity contribution < 1.29 is 19.7 Å². The number of rotatable bonds is 5. The van der Waals surface area contributed by atoms with Crippen LogP contribution in [0.4, 0.5) is 5.82 Å². The van der Waals surface area contributed by atoms with Gasteiger partial charge in [0.15, 0.2) is 0 Å². The lowest BCUT2D eigenvalue weighted by Crippen LogP contribution is -2.17. The molecule has 0 spiro atoms. The number of aromatic nitrogens is 2. The molecule has 1 unspecified atom stereocenters. The van der Waals surface area contributed by atoms with Crippen molar-refractivity contribution in [2.24, 2.45) is 0 Å². The number of hydrogen-bond acceptors (Lipinski definition) is 7. The number of aryl methyl sites for hydroxylation is 1. The van der Waals surface area contributed by atoms with Gasteiger partial charge < -0.3 is 30.9 Å². The van der Waals surface area contributed by atoms with E-state index >= 15 is 0 Å². The highest BCUT2D eigenvalue weighted by Crippen LogP contribution is 2.09. The number of carboxylic acid groups (broad SMARTS) is 1. The van der Waals surface area contributed by atoms with E-state index in [1.54, 1.807) is 13.3 Å². The molecule has 1 fully saturated rings. The van der Waals surface area contributed by atoms with E-state index < -0.39 is 0 Å². The molecule has 1 aromatic heterocycles. The van der Waals surface area contributed by atoms with Gasteiger partial charge in [0.25, 0.3) is 6.47 Å². The Bertz CT molecular complexity index is 573. The quantitative estimate of drug-likeness (QED) is 0.328. The molecule has 1 atom stereocenters. The monoisotopic (exact) mass is 395 g/mol. The minimum absolute atomic E-state index is 0.0648. The molecule has 6 N–H and O–H groups in total. The largest absolute Gasteiger partial charge is 0.497 e. The van der Waals surface area contributed by atoms with Gasteiger partial charge in [0.1, 0.15) is 11.6 Å². The van der Waals surface area contributed by atoms with Crippen LogP contribution in [-0.4, -0.2) is 73.3 Å². The zero-order chi connectivity index (χ0) is 21.0. The minimum atomic E-state index is -0.250. The van der Waals surface area contributed by atoms with E-state index in [2.05, 4.69) is 33.1 Å². The van der Waals surface area contributed by atoms with Crippen LogP contribution < -0.4 is 20.7 Å². The molecule has 1 aliphatic heterocycles. The highest BCUT2D eigenvalue weighted by Gasteiger charge is 2.08. The van der Waals surface area contributed by atoms with Crippen molar-refractivity contribution in [3.05, 3.63) is 42.1 Å². The van der Waals surface area contributed by atoms with E-state index in [9.17, 15) is 0 Å². The molecule has 1 aliphatic rings. The van der Waals surface area contributed by atoms with Crippen molar-refractivity contribution in [2.75, 3.05) is 45.7 Å². The van der Waals surface area contributed by atoms with Crippen LogP contribution in [0.3, 0.4) is 0 Å². The third-order valence-corrected chi connectivity index (χ3v) is 3.48. The summed E-state index contributed by atoms with van der Waals surface area (Å²) in [6, 6.07) is 9.86. The maximum absolute atomic E-state index is 8.67. The van der Waals surface area contributed by atoms with E-state index in [1.807, 2.05) is 37.4 Å². The Morgan fingerprint density at radius 3 is 2.36 bits per heavy atom. The summed E-state index contributed by atoms with van der Waals surface area (Å²) in [4.78, 5) is 8.36. The lowest BCUT2D eigenvalue weighted by molar-refractivity contribution is -0.122. The zero-order valence-electron chi connectivity index (χ0n) is 16.8. The van der Waals surface area contributed by atoms with E-state index in [0.717, 1.165) is 44.2 Å². The fourth-order valence-corrected chi connectivity index (χ4v) is 1.99. The van der Waals surface area contributed by atoms with Crippen LogP contribution in [0.15, 0.2) is 36.5 Å². The van der Waals surface area contributed by atoms with Gasteiger partial charge in [-0.15, -0.1) is 0 Å². The van der Waals surface area contributed by atoms with Crippen LogP contribution in [0, 0.1) is 6.92 Å². The van der Waals surface area contributed by atoms with Crippen LogP contribution in [-0.2, 0) is 4.79 Å². The highest BCUT2D eigenvalue weighted by molar-refractivity contribution is 5.32. The zero-order valence-corrected chi connectivity index (χ0v) is 16.8. The van der Waals surface area contributed by atoms with Gasteiger partial charge in [-0.3, -0.25) is 9.89 Å². The number of nitrogens with one attached hydrogen (secondary N) is 4. The average molecular weight is 396 g/mol. The van der Waals surface area contributed by atoms with Crippen LogP contribution >= 0.6 is 0 Å². The molecule has 2 heterocycles. The third-order valence-electron chi connectivity index (χ3n) is 3.48. The summed E-state index contributed by atoms with van der Waals surface area (Å²) >= 11 is 0. The number of aliphatic hydroxyl groups is 1. The number of likely N-dealkylation sites (N-methyl/N-ethyl adjacent to an activating group) is 1. The number of H-pyrrole nitrogens is 1. The van der Waals surface area contributed by atoms with Crippen LogP contribution in [0.2, 0.25) is 0 Å². The molecule has 0 bridgehead atoms. The molecular formula is C19H33N5O4. The van der Waals surface area contributed by atoms with E-state index in [0.29, 0.717) is 0 Å². The molecule has 28 heavy (non-hydrogen) atoms. The first-order chi connectivity index (χ1) is 13.6. The fourth-order valence-electron chi connectivity index (χ4n) is 1.99. The molecule has 1 aromatic carbocycles. The molecule has 0 saturated carbocycles. The molecule has 2 aromatic rings. The molecule has 3 rings (SSSR count). The van der Waals surface area contributed by atoms with E-state index in [4.69, 9.17) is 19.7 Å². The minimum Gasteiger partial charge on any atom is -0.497 e. The number of hydrogen-bond donors (Lipinski definition) is 6. The predicted molar refractivity (Wildman–Crippen MR) is 111 cm³/mol. The van der Waals surface area contributed by atoms with Gasteiger partial charge in [-0.25, -0.2) is 0 Å². The van der Waals surface area contributed by atoms with Gasteiger partial charge in [-0.05, 0) is 45.1 Å². The Morgan fingerprint density at radius 1 is 1.29 bits per heavy atom. The first kappa shape index (κ1) is 25.4. The average Bonchev–Trinajstić information content (AvgIpc) is 3.38. The highest BCUT2D eigenvalue weighted by atomic mass is 16.5. The van der Waals surface area contributed by atoms with E-state index in [1.165, 1.54) is 5.56 Å². The Hall–Kier alpha value is -2.62. The number of β-amino-alcohol motifs (C(OH)–C–C–N with tert-alkyl or cyclic N) is 1. The topological polar surface area (TPSA) is 132 Å². The van der Waals surface area contributed by atoms with Crippen molar-refractivity contribution in [3.63, 3.8) is 0 Å². The summed E-state index contributed by atoms with van der Waals surface area (Å²) in [5, 5.41) is 31.4. The molecule has 0 aliphatic carbocycles. The molecular weight excluding hydrogens is 362 g/mol. The number of carbonyl (C=O) groups is 1. The third kappa shape index (κ3) is 14.5. The Labute approximate surface area is 166 Å². The number of benzene rings is 1. The summed E-state index contributed by atoms with van der Waals surface area (Å²) in [5.41, 5.74) is 1.26. The normalized spacial score (nSPS) is 14.2. The first-order valence-electron chi connectivity index (χ1n) is 9.02. The number of nitrogens with zero attached hydrogens (tertiary/aromatic N) is 1. The lowest BCUT2D eigenvalue weighted by atomic mass is 10.2. The van der Waals surface area contributed by atoms with Gasteiger partial charge >= 0.3 is 0 Å². The molecule has 0 amide bonds. The molecule has 9 nitrogen and oxygen atoms in total. The predicted octanol–water partition coefficient (Wildman–Crippen LogP) is 1.09. The fraction of sp³-hybridized carbons (Fsp3) is 0.474. The second-order valence-corrected chi connectivity index (χ2v) is 5.77. The van der Waals surface area contributed by atoms with Crippen molar-refractivity contribution in [1.82, 2.24) is 20.8 Å². The number of aromatic amines is 1. The van der Waals surface area contributed by atoms with E-state index in [-0.39, 0.29) is 12.6 Å². The molecule has 0 radical (unpaired) electrons. The summed E-state index contributed by atoms with van der Waals surface area (Å²) < 4.78 is 4.97. The second kappa shape index (κ2) is 17.8. The number of methoxy groups -OCH3 is 1. The van der Waals surface area contributed by atoms with Gasteiger partial charge in [-0.2, -0.15) is 5.10 Å². The van der Waals surface area contributed by atoms with Crippen LogP contribution in [0.25, 0.3) is 0 Å². The van der Waals surface area contributed by atoms with Gasteiger partial charge in [-0.1, -0.05) is 17.7 Å². The summed E-state index contributed by atoms with van der Waals surface area (Å²) in [6.45, 7) is 5.46. The lowest BCUT2D eigenvalue weighted by Gasteiger charge is -2.00. The maximum atomic E-state index is 8.67. The second-order valence-electron chi connectivity index (χ2n) is 5.77. The van der Waals surface area contributed by atoms with Crippen molar-refractivity contribution in [2.45, 2.75) is 19.4 Å². The van der Waals surface area contributed by atoms with Gasteiger partial charge in [0.2, 0.25) is 0 Å². The number of aliphatic hydroxyl groups excluding tert-OH is 1. The summed E-state index contributed by atoms with van der Waals surface area (Å²) in [6.07, 6.45) is 2.59. The first-order valence-corrected chi connectivity index (χ1v) is 9.02. The van der Waals surface area contributed by atoms with Gasteiger partial charge in [0, 0.05) is 19.6 Å². The molecule has 158 valence electrons. The number of anilines is 1. The Morgan fingerprint density at radius 2 is 1.96 bits per heavy atom. The van der Waals surface area contributed by atoms with Crippen molar-refractivity contribution in [3.8, 4) is 5.75 Å². The van der Waals surface area contributed by atoms with Crippen LogP contribution in [0.1, 0.15) is 12.0 Å². The van der Waals surface area contributed by atoms with Crippen molar-refractivity contribution in [1.29, 1.82) is 0 Å².